The van der Waals surface area contributed by atoms with E-state index in [9.17, 15) is 48.0 Å². The van der Waals surface area contributed by atoms with Gasteiger partial charge in [0.05, 0.1) is 0 Å². The third-order valence-electron chi connectivity index (χ3n) is 5.56. The second kappa shape index (κ2) is 8.84. The first-order valence-corrected chi connectivity index (χ1v) is 13.8. The fraction of sp³-hybridized carbons (Fsp3) is 0.182. The van der Waals surface area contributed by atoms with Crippen LogP contribution in [0.1, 0.15) is 5.56 Å². The largest absolute Gasteiger partial charge is 0.469 e. The number of nitrogens with zero attached hydrogens (tertiary/aromatic N) is 1. The second-order valence-electron chi connectivity index (χ2n) is 7.85. The number of aromatic nitrogens is 1. The zero-order chi connectivity index (χ0) is 27.6. The summed E-state index contributed by atoms with van der Waals surface area (Å²) in [6.45, 7) is 0. The van der Waals surface area contributed by atoms with Gasteiger partial charge in [-0.05, 0) is 23.8 Å². The SMILES string of the molecule is Cn1cc(-c2sc3ccccc3c(=O)c2C[C-](S(=O)(=O)C(F)(F)F)S(=O)(=O)C(F)(F)F)c2ccccc21. The Kier molecular flexibility index (Phi) is 6.48. The van der Waals surface area contributed by atoms with Gasteiger partial charge in [0.25, 0.3) is 0 Å². The molecule has 0 saturated heterocycles. The Morgan fingerprint density at radius 1 is 0.838 bits per heavy atom. The average Bonchev–Trinajstić information content (AvgIpc) is 3.13. The molecule has 0 unspecified atom stereocenters. The van der Waals surface area contributed by atoms with Crippen LogP contribution in [0.2, 0.25) is 0 Å². The van der Waals surface area contributed by atoms with Crippen molar-refractivity contribution in [1.82, 2.24) is 4.57 Å². The van der Waals surface area contributed by atoms with Crippen LogP contribution in [-0.4, -0.2) is 32.4 Å². The summed E-state index contributed by atoms with van der Waals surface area (Å²) in [4.78, 5) is 13.2. The number of alkyl halides is 6. The van der Waals surface area contributed by atoms with Crippen molar-refractivity contribution in [1.29, 1.82) is 0 Å². The summed E-state index contributed by atoms with van der Waals surface area (Å²) in [6.07, 6.45) is -0.479. The quantitative estimate of drug-likeness (QED) is 0.235. The molecule has 2 aromatic carbocycles. The highest BCUT2D eigenvalue weighted by Gasteiger charge is 2.54. The molecule has 0 spiro atoms. The molecule has 0 aliphatic carbocycles. The molecule has 0 amide bonds. The normalized spacial score (nSPS) is 13.6. The highest BCUT2D eigenvalue weighted by Crippen LogP contribution is 2.44. The summed E-state index contributed by atoms with van der Waals surface area (Å²) in [6, 6.07) is 12.2. The van der Waals surface area contributed by atoms with Crippen LogP contribution in [0.25, 0.3) is 31.4 Å². The lowest BCUT2D eigenvalue weighted by atomic mass is 10.0. The minimum atomic E-state index is -7.01. The summed E-state index contributed by atoms with van der Waals surface area (Å²) in [7, 11) is -12.4. The predicted molar refractivity (Wildman–Crippen MR) is 127 cm³/mol. The molecule has 0 aliphatic heterocycles. The third kappa shape index (κ3) is 4.42. The Morgan fingerprint density at radius 3 is 1.92 bits per heavy atom. The molecule has 4 aromatic rings. The molecule has 2 aromatic heterocycles. The summed E-state index contributed by atoms with van der Waals surface area (Å²) in [5.41, 5.74) is -13.9. The Labute approximate surface area is 209 Å². The molecular formula is C22H14F6NO5S3-. The van der Waals surface area contributed by atoms with Gasteiger partial charge in [-0.1, -0.05) is 34.9 Å². The average molecular weight is 583 g/mol. The van der Waals surface area contributed by atoms with Gasteiger partial charge in [0, 0.05) is 44.7 Å². The van der Waals surface area contributed by atoms with E-state index < -0.39 is 52.7 Å². The molecule has 0 saturated carbocycles. The van der Waals surface area contributed by atoms with Crippen molar-refractivity contribution in [3.8, 4) is 10.4 Å². The molecule has 0 radical (unpaired) electrons. The number of halogens is 6. The summed E-state index contributed by atoms with van der Waals surface area (Å²) in [5.74, 6) is 0. The zero-order valence-electron chi connectivity index (χ0n) is 18.4. The molecule has 0 aliphatic rings. The number of aryl methyl sites for hydroxylation is 1. The lowest BCUT2D eigenvalue weighted by Gasteiger charge is -2.32. The third-order valence-corrected chi connectivity index (χ3v) is 10.8. The van der Waals surface area contributed by atoms with Crippen molar-refractivity contribution in [2.24, 2.45) is 7.05 Å². The van der Waals surface area contributed by atoms with Gasteiger partial charge in [-0.3, -0.25) is 21.6 Å². The van der Waals surface area contributed by atoms with Gasteiger partial charge in [-0.2, -0.15) is 26.3 Å². The zero-order valence-corrected chi connectivity index (χ0v) is 20.8. The van der Waals surface area contributed by atoms with Crippen LogP contribution in [0.5, 0.6) is 0 Å². The summed E-state index contributed by atoms with van der Waals surface area (Å²) < 4.78 is 128. The van der Waals surface area contributed by atoms with Crippen LogP contribution in [0.4, 0.5) is 26.3 Å². The van der Waals surface area contributed by atoms with E-state index >= 15 is 0 Å². The van der Waals surface area contributed by atoms with E-state index in [2.05, 4.69) is 0 Å². The molecule has 0 fully saturated rings. The van der Waals surface area contributed by atoms with Gasteiger partial charge in [-0.15, -0.1) is 17.8 Å². The number of rotatable bonds is 5. The number of hydrogen-bond acceptors (Lipinski definition) is 6. The molecule has 198 valence electrons. The predicted octanol–water partition coefficient (Wildman–Crippen LogP) is 5.32. The molecule has 37 heavy (non-hydrogen) atoms. The van der Waals surface area contributed by atoms with E-state index in [-0.39, 0.29) is 15.8 Å². The monoisotopic (exact) mass is 582 g/mol. The Bertz CT molecular complexity index is 1760. The minimum absolute atomic E-state index is 0.125. The first kappa shape index (κ1) is 27.1. The van der Waals surface area contributed by atoms with Crippen LogP contribution in [0.3, 0.4) is 0 Å². The molecule has 0 bridgehead atoms. The fourth-order valence-corrected chi connectivity index (χ4v) is 7.92. The van der Waals surface area contributed by atoms with Gasteiger partial charge in [0.1, 0.15) is 19.7 Å². The maximum atomic E-state index is 13.4. The molecule has 4 rings (SSSR count). The number of para-hydroxylation sites is 1. The van der Waals surface area contributed by atoms with Crippen molar-refractivity contribution in [2.75, 3.05) is 0 Å². The first-order valence-electron chi connectivity index (χ1n) is 10.1. The molecular weight excluding hydrogens is 568 g/mol. The van der Waals surface area contributed by atoms with Crippen molar-refractivity contribution >= 4 is 52.0 Å². The van der Waals surface area contributed by atoms with Crippen molar-refractivity contribution in [2.45, 2.75) is 17.4 Å². The van der Waals surface area contributed by atoms with Gasteiger partial charge < -0.3 is 4.57 Å². The Morgan fingerprint density at radius 2 is 1.35 bits per heavy atom. The first-order chi connectivity index (χ1) is 17.0. The van der Waals surface area contributed by atoms with E-state index in [0.717, 1.165) is 11.3 Å². The van der Waals surface area contributed by atoms with E-state index in [1.807, 2.05) is 0 Å². The van der Waals surface area contributed by atoms with Crippen molar-refractivity contribution in [3.63, 3.8) is 0 Å². The van der Waals surface area contributed by atoms with Crippen LogP contribution < -0.4 is 5.43 Å². The maximum Gasteiger partial charge on any atom is 0.469 e. The van der Waals surface area contributed by atoms with Crippen molar-refractivity contribution < 1.29 is 43.2 Å². The number of benzene rings is 2. The lowest BCUT2D eigenvalue weighted by molar-refractivity contribution is -0.0455. The van der Waals surface area contributed by atoms with Gasteiger partial charge >= 0.3 is 11.0 Å². The molecule has 0 N–H and O–H groups in total. The second-order valence-corrected chi connectivity index (χ2v) is 13.1. The molecule has 0 atom stereocenters. The lowest BCUT2D eigenvalue weighted by Crippen LogP contribution is -2.41. The van der Waals surface area contributed by atoms with Crippen LogP contribution in [-0.2, 0) is 33.1 Å². The summed E-state index contributed by atoms with van der Waals surface area (Å²) >= 11 is 0.808. The highest BCUT2D eigenvalue weighted by atomic mass is 32.3. The standard InChI is InChI=1S/C22H14F6NO5S3/c1-29-11-15(12-6-2-4-8-16(12)29)20-14(19(30)13-7-3-5-9-17(13)35-20)10-18(36(31,32)21(23,24)25)37(33,34)22(26,27)28/h2-9,11H,10H2,1H3/q-1. The minimum Gasteiger partial charge on any atom is -0.350 e. The number of hydrogen-bond donors (Lipinski definition) is 0. The molecule has 6 nitrogen and oxygen atoms in total. The van der Waals surface area contributed by atoms with Gasteiger partial charge in [0.15, 0.2) is 5.43 Å². The molecule has 15 heteroatoms. The van der Waals surface area contributed by atoms with Gasteiger partial charge in [-0.25, -0.2) is 0 Å². The molecule has 2 heterocycles. The summed E-state index contributed by atoms with van der Waals surface area (Å²) in [5, 5.41) is 0.329. The fourth-order valence-electron chi connectivity index (χ4n) is 3.82. The topological polar surface area (TPSA) is 90.3 Å². The van der Waals surface area contributed by atoms with Crippen molar-refractivity contribution in [3.05, 3.63) is 75.1 Å². The van der Waals surface area contributed by atoms with E-state index in [0.29, 0.717) is 15.6 Å². The maximum absolute atomic E-state index is 13.4. The van der Waals surface area contributed by atoms with E-state index in [1.54, 1.807) is 41.9 Å². The van der Waals surface area contributed by atoms with E-state index in [1.165, 1.54) is 24.4 Å². The number of fused-ring (bicyclic) bond motifs is 2. The Balaban J connectivity index is 2.10. The smallest absolute Gasteiger partial charge is 0.350 e. The highest BCUT2D eigenvalue weighted by molar-refractivity contribution is 8.13. The number of sulfone groups is 2. The van der Waals surface area contributed by atoms with E-state index in [4.69, 9.17) is 0 Å². The van der Waals surface area contributed by atoms with Crippen LogP contribution in [0.15, 0.2) is 59.5 Å². The van der Waals surface area contributed by atoms with Crippen LogP contribution in [0, 0.1) is 4.58 Å². The van der Waals surface area contributed by atoms with Gasteiger partial charge in [0.2, 0.25) is 0 Å². The van der Waals surface area contributed by atoms with Crippen LogP contribution >= 0.6 is 11.3 Å². The Hall–Kier alpha value is -2.91.